The lowest BCUT2D eigenvalue weighted by Gasteiger charge is -2.32. The molecule has 1 aromatic carbocycles. The minimum atomic E-state index is 0.153. The van der Waals surface area contributed by atoms with Crippen LogP contribution in [0.2, 0.25) is 0 Å². The number of amides is 1. The first kappa shape index (κ1) is 14.9. The smallest absolute Gasteiger partial charge is 0.220 e. The highest BCUT2D eigenvalue weighted by atomic mass is 16.1. The van der Waals surface area contributed by atoms with Gasteiger partial charge in [-0.2, -0.15) is 0 Å². The largest absolute Gasteiger partial charge is 0.399 e. The zero-order chi connectivity index (χ0) is 14.5. The monoisotopic (exact) mass is 274 g/mol. The Bertz CT molecular complexity index is 458. The van der Waals surface area contributed by atoms with E-state index in [1.54, 1.807) is 0 Å². The molecular weight excluding hydrogens is 248 g/mol. The van der Waals surface area contributed by atoms with E-state index in [-0.39, 0.29) is 5.91 Å². The normalized spacial score (nSPS) is 26.2. The predicted molar refractivity (Wildman–Crippen MR) is 83.3 cm³/mol. The SMILES string of the molecule is CC1CCC(NC(=O)CCc2ccccc2N)CC1C. The molecule has 0 saturated heterocycles. The summed E-state index contributed by atoms with van der Waals surface area (Å²) in [7, 11) is 0. The molecule has 1 aliphatic carbocycles. The summed E-state index contributed by atoms with van der Waals surface area (Å²) in [6.45, 7) is 4.59. The number of carbonyl (C=O) groups is 1. The quantitative estimate of drug-likeness (QED) is 0.829. The molecule has 110 valence electrons. The van der Waals surface area contributed by atoms with Crippen LogP contribution in [0.3, 0.4) is 0 Å². The molecule has 3 nitrogen and oxygen atoms in total. The van der Waals surface area contributed by atoms with Gasteiger partial charge in [0.2, 0.25) is 5.91 Å². The first-order valence-corrected chi connectivity index (χ1v) is 7.69. The van der Waals surface area contributed by atoms with Gasteiger partial charge in [0.05, 0.1) is 0 Å². The van der Waals surface area contributed by atoms with Crippen LogP contribution in [-0.4, -0.2) is 11.9 Å². The molecule has 0 aliphatic heterocycles. The van der Waals surface area contributed by atoms with Crippen LogP contribution in [0.5, 0.6) is 0 Å². The molecule has 0 radical (unpaired) electrons. The number of hydrogen-bond acceptors (Lipinski definition) is 2. The van der Waals surface area contributed by atoms with E-state index in [1.165, 1.54) is 6.42 Å². The maximum atomic E-state index is 12.0. The highest BCUT2D eigenvalue weighted by molar-refractivity contribution is 5.76. The van der Waals surface area contributed by atoms with E-state index < -0.39 is 0 Å². The van der Waals surface area contributed by atoms with Gasteiger partial charge in [0.25, 0.3) is 0 Å². The Morgan fingerprint density at radius 3 is 2.70 bits per heavy atom. The lowest BCUT2D eigenvalue weighted by molar-refractivity contribution is -0.122. The number of para-hydroxylation sites is 1. The maximum absolute atomic E-state index is 12.0. The van der Waals surface area contributed by atoms with Gasteiger partial charge in [-0.05, 0) is 49.1 Å². The highest BCUT2D eigenvalue weighted by Crippen LogP contribution is 2.29. The number of carbonyl (C=O) groups excluding carboxylic acids is 1. The molecule has 1 saturated carbocycles. The number of rotatable bonds is 4. The van der Waals surface area contributed by atoms with Crippen molar-refractivity contribution in [2.24, 2.45) is 11.8 Å². The molecule has 1 amide bonds. The third-order valence-electron chi connectivity index (χ3n) is 4.64. The molecule has 1 aromatic rings. The van der Waals surface area contributed by atoms with Crippen molar-refractivity contribution in [3.05, 3.63) is 29.8 Å². The average molecular weight is 274 g/mol. The van der Waals surface area contributed by atoms with Gasteiger partial charge in [0, 0.05) is 18.2 Å². The standard InChI is InChI=1S/C17H26N2O/c1-12-7-9-15(11-13(12)2)19-17(20)10-8-14-5-3-4-6-16(14)18/h3-6,12-13,15H,7-11,18H2,1-2H3,(H,19,20). The second-order valence-corrected chi connectivity index (χ2v) is 6.23. The van der Waals surface area contributed by atoms with Crippen molar-refractivity contribution in [1.82, 2.24) is 5.32 Å². The lowest BCUT2D eigenvalue weighted by atomic mass is 9.79. The summed E-state index contributed by atoms with van der Waals surface area (Å²) >= 11 is 0. The van der Waals surface area contributed by atoms with Crippen LogP contribution < -0.4 is 11.1 Å². The molecule has 0 aromatic heterocycles. The lowest BCUT2D eigenvalue weighted by Crippen LogP contribution is -2.39. The summed E-state index contributed by atoms with van der Waals surface area (Å²) in [4.78, 5) is 12.0. The zero-order valence-electron chi connectivity index (χ0n) is 12.6. The fraction of sp³-hybridized carbons (Fsp3) is 0.588. The third kappa shape index (κ3) is 3.99. The molecule has 3 N–H and O–H groups in total. The average Bonchev–Trinajstić information content (AvgIpc) is 2.42. The molecular formula is C17H26N2O. The zero-order valence-corrected chi connectivity index (χ0v) is 12.6. The van der Waals surface area contributed by atoms with Crippen LogP contribution in [0.15, 0.2) is 24.3 Å². The molecule has 0 bridgehead atoms. The van der Waals surface area contributed by atoms with Gasteiger partial charge in [-0.25, -0.2) is 0 Å². The second kappa shape index (κ2) is 6.78. The van der Waals surface area contributed by atoms with Crippen molar-refractivity contribution in [1.29, 1.82) is 0 Å². The van der Waals surface area contributed by atoms with Crippen LogP contribution in [0, 0.1) is 11.8 Å². The Hall–Kier alpha value is -1.51. The Morgan fingerprint density at radius 1 is 1.25 bits per heavy atom. The summed E-state index contributed by atoms with van der Waals surface area (Å²) in [5, 5.41) is 3.18. The summed E-state index contributed by atoms with van der Waals surface area (Å²) in [5.41, 5.74) is 7.73. The van der Waals surface area contributed by atoms with Crippen molar-refractivity contribution >= 4 is 11.6 Å². The summed E-state index contributed by atoms with van der Waals surface area (Å²) in [6.07, 6.45) is 4.69. The Morgan fingerprint density at radius 2 is 2.00 bits per heavy atom. The van der Waals surface area contributed by atoms with E-state index in [0.717, 1.165) is 36.4 Å². The van der Waals surface area contributed by atoms with E-state index >= 15 is 0 Å². The fourth-order valence-corrected chi connectivity index (χ4v) is 2.99. The Kier molecular flexibility index (Phi) is 5.05. The topological polar surface area (TPSA) is 55.1 Å². The number of nitrogens with one attached hydrogen (secondary N) is 1. The number of benzene rings is 1. The molecule has 3 atom stereocenters. The minimum absolute atomic E-state index is 0.153. The Balaban J connectivity index is 1.77. The molecule has 1 fully saturated rings. The number of nitrogens with two attached hydrogens (primary N) is 1. The summed E-state index contributed by atoms with van der Waals surface area (Å²) in [6, 6.07) is 8.13. The van der Waals surface area contributed by atoms with Gasteiger partial charge in [0.1, 0.15) is 0 Å². The van der Waals surface area contributed by atoms with Crippen molar-refractivity contribution in [3.63, 3.8) is 0 Å². The maximum Gasteiger partial charge on any atom is 0.220 e. The molecule has 20 heavy (non-hydrogen) atoms. The van der Waals surface area contributed by atoms with E-state index in [2.05, 4.69) is 19.2 Å². The van der Waals surface area contributed by atoms with Gasteiger partial charge >= 0.3 is 0 Å². The van der Waals surface area contributed by atoms with E-state index in [0.29, 0.717) is 18.4 Å². The van der Waals surface area contributed by atoms with Crippen LogP contribution in [0.25, 0.3) is 0 Å². The fourth-order valence-electron chi connectivity index (χ4n) is 2.99. The number of anilines is 1. The molecule has 3 unspecified atom stereocenters. The van der Waals surface area contributed by atoms with E-state index in [9.17, 15) is 4.79 Å². The van der Waals surface area contributed by atoms with Crippen molar-refractivity contribution < 1.29 is 4.79 Å². The third-order valence-corrected chi connectivity index (χ3v) is 4.64. The molecule has 3 heteroatoms. The van der Waals surface area contributed by atoms with Crippen LogP contribution >= 0.6 is 0 Å². The van der Waals surface area contributed by atoms with Crippen LogP contribution in [0.1, 0.15) is 45.1 Å². The second-order valence-electron chi connectivity index (χ2n) is 6.23. The summed E-state index contributed by atoms with van der Waals surface area (Å²) < 4.78 is 0. The summed E-state index contributed by atoms with van der Waals surface area (Å²) in [5.74, 6) is 1.64. The Labute approximate surface area is 121 Å². The number of hydrogen-bond donors (Lipinski definition) is 2. The first-order valence-electron chi connectivity index (χ1n) is 7.69. The highest BCUT2D eigenvalue weighted by Gasteiger charge is 2.25. The van der Waals surface area contributed by atoms with Gasteiger partial charge in [-0.3, -0.25) is 4.79 Å². The number of aryl methyl sites for hydroxylation is 1. The first-order chi connectivity index (χ1) is 9.56. The van der Waals surface area contributed by atoms with Crippen LogP contribution in [-0.2, 0) is 11.2 Å². The molecule has 1 aliphatic rings. The van der Waals surface area contributed by atoms with Gasteiger partial charge < -0.3 is 11.1 Å². The molecule has 2 rings (SSSR count). The molecule has 0 spiro atoms. The predicted octanol–water partition coefficient (Wildman–Crippen LogP) is 3.14. The molecule has 0 heterocycles. The van der Waals surface area contributed by atoms with E-state index in [1.807, 2.05) is 24.3 Å². The van der Waals surface area contributed by atoms with Gasteiger partial charge in [-0.1, -0.05) is 32.0 Å². The van der Waals surface area contributed by atoms with Crippen molar-refractivity contribution in [2.45, 2.75) is 52.0 Å². The van der Waals surface area contributed by atoms with Crippen molar-refractivity contribution in [3.8, 4) is 0 Å². The number of nitrogen functional groups attached to an aromatic ring is 1. The minimum Gasteiger partial charge on any atom is -0.399 e. The van der Waals surface area contributed by atoms with E-state index in [4.69, 9.17) is 5.73 Å². The van der Waals surface area contributed by atoms with Gasteiger partial charge in [-0.15, -0.1) is 0 Å². The van der Waals surface area contributed by atoms with Gasteiger partial charge in [0.15, 0.2) is 0 Å². The van der Waals surface area contributed by atoms with Crippen molar-refractivity contribution in [2.75, 3.05) is 5.73 Å². The van der Waals surface area contributed by atoms with Crippen LogP contribution in [0.4, 0.5) is 5.69 Å².